The highest BCUT2D eigenvalue weighted by Gasteiger charge is 2.30. The van der Waals surface area contributed by atoms with Crippen LogP contribution in [-0.2, 0) is 0 Å². The fourth-order valence-corrected chi connectivity index (χ4v) is 2.90. The van der Waals surface area contributed by atoms with Gasteiger partial charge in [-0.05, 0) is 37.4 Å². The van der Waals surface area contributed by atoms with E-state index in [2.05, 4.69) is 15.0 Å². The van der Waals surface area contributed by atoms with E-state index in [1.165, 1.54) is 6.07 Å². The van der Waals surface area contributed by atoms with Crippen LogP contribution in [0.15, 0.2) is 6.07 Å². The number of β-amino-alcohol motifs (C(OH)–C–C–N with tert-alkyl or cyclic N) is 1. The molecule has 8 heteroatoms. The van der Waals surface area contributed by atoms with E-state index in [1.807, 2.05) is 4.90 Å². The van der Waals surface area contributed by atoms with Crippen molar-refractivity contribution in [2.75, 3.05) is 18.0 Å². The second kappa shape index (κ2) is 5.19. The molecule has 1 fully saturated rings. The molecule has 0 spiro atoms. The summed E-state index contributed by atoms with van der Waals surface area (Å²) in [5.41, 5.74) is -0.581. The zero-order valence-corrected chi connectivity index (χ0v) is 12.8. The fourth-order valence-electron chi connectivity index (χ4n) is 2.61. The molecule has 1 aliphatic heterocycles. The van der Waals surface area contributed by atoms with Gasteiger partial charge in [-0.25, -0.2) is 9.37 Å². The van der Waals surface area contributed by atoms with Crippen LogP contribution in [0.5, 0.6) is 0 Å². The molecule has 1 saturated heterocycles. The lowest BCUT2D eigenvalue weighted by Gasteiger charge is -2.37. The Morgan fingerprint density at radius 2 is 2.10 bits per heavy atom. The van der Waals surface area contributed by atoms with Crippen molar-refractivity contribution < 1.29 is 9.50 Å². The summed E-state index contributed by atoms with van der Waals surface area (Å²) in [6, 6.07) is 1.25. The standard InChI is InChI=1S/C13H13Cl2FN4O/c1-13(21)3-2-4-20(6-13)11-7-5-8(16)9(14)17-10(7)18-12(15)19-11/h5,21H,2-4,6H2,1H3/t13-/m1/s1. The van der Waals surface area contributed by atoms with Gasteiger partial charge in [-0.15, -0.1) is 0 Å². The molecule has 3 rings (SSSR count). The minimum Gasteiger partial charge on any atom is -0.388 e. The number of hydrogen-bond acceptors (Lipinski definition) is 5. The number of pyridine rings is 1. The first-order valence-electron chi connectivity index (χ1n) is 6.52. The molecule has 1 N–H and O–H groups in total. The highest BCUT2D eigenvalue weighted by Crippen LogP contribution is 2.31. The summed E-state index contributed by atoms with van der Waals surface area (Å²) in [5, 5.41) is 10.4. The third kappa shape index (κ3) is 2.88. The van der Waals surface area contributed by atoms with E-state index in [1.54, 1.807) is 6.92 Å². The minimum atomic E-state index is -0.819. The number of anilines is 1. The fraction of sp³-hybridized carbons (Fsp3) is 0.462. The Bertz CT molecular complexity index is 710. The third-order valence-corrected chi connectivity index (χ3v) is 3.96. The smallest absolute Gasteiger partial charge is 0.226 e. The number of rotatable bonds is 1. The van der Waals surface area contributed by atoms with Gasteiger partial charge >= 0.3 is 0 Å². The van der Waals surface area contributed by atoms with Crippen molar-refractivity contribution in [1.29, 1.82) is 0 Å². The summed E-state index contributed by atoms with van der Waals surface area (Å²) in [6.07, 6.45) is 1.51. The lowest BCUT2D eigenvalue weighted by Crippen LogP contribution is -2.46. The normalized spacial score (nSPS) is 22.8. The van der Waals surface area contributed by atoms with Gasteiger partial charge < -0.3 is 10.0 Å². The lowest BCUT2D eigenvalue weighted by atomic mass is 9.95. The third-order valence-electron chi connectivity index (χ3n) is 3.52. The van der Waals surface area contributed by atoms with Crippen molar-refractivity contribution in [1.82, 2.24) is 15.0 Å². The van der Waals surface area contributed by atoms with Gasteiger partial charge in [0, 0.05) is 13.1 Å². The second-order valence-corrected chi connectivity index (χ2v) is 6.17. The van der Waals surface area contributed by atoms with Crippen LogP contribution >= 0.6 is 23.2 Å². The summed E-state index contributed by atoms with van der Waals surface area (Å²) < 4.78 is 13.7. The molecular weight excluding hydrogens is 318 g/mol. The summed E-state index contributed by atoms with van der Waals surface area (Å²) in [5.74, 6) is -0.173. The van der Waals surface area contributed by atoms with Crippen molar-refractivity contribution in [2.45, 2.75) is 25.4 Å². The number of piperidine rings is 1. The van der Waals surface area contributed by atoms with E-state index in [0.717, 1.165) is 6.42 Å². The van der Waals surface area contributed by atoms with Crippen LogP contribution in [0.2, 0.25) is 10.4 Å². The first-order valence-corrected chi connectivity index (χ1v) is 7.28. The van der Waals surface area contributed by atoms with Gasteiger partial charge in [0.2, 0.25) is 5.28 Å². The maximum absolute atomic E-state index is 13.7. The Morgan fingerprint density at radius 3 is 2.81 bits per heavy atom. The first-order chi connectivity index (χ1) is 9.85. The van der Waals surface area contributed by atoms with Crippen LogP contribution in [0.3, 0.4) is 0 Å². The van der Waals surface area contributed by atoms with E-state index >= 15 is 0 Å². The van der Waals surface area contributed by atoms with Gasteiger partial charge in [0.05, 0.1) is 11.0 Å². The van der Waals surface area contributed by atoms with Crippen LogP contribution in [0.25, 0.3) is 11.0 Å². The average Bonchev–Trinajstić information content (AvgIpc) is 2.38. The molecule has 0 aliphatic carbocycles. The predicted octanol–water partition coefficient (Wildman–Crippen LogP) is 2.82. The van der Waals surface area contributed by atoms with E-state index in [0.29, 0.717) is 30.7 Å². The first kappa shape index (κ1) is 14.7. The van der Waals surface area contributed by atoms with Crippen molar-refractivity contribution in [2.24, 2.45) is 0 Å². The number of aliphatic hydroxyl groups is 1. The number of fused-ring (bicyclic) bond motifs is 1. The van der Waals surface area contributed by atoms with E-state index in [-0.39, 0.29) is 16.1 Å². The Hall–Kier alpha value is -1.24. The van der Waals surface area contributed by atoms with Gasteiger partial charge in [-0.3, -0.25) is 0 Å². The molecule has 1 atom stereocenters. The van der Waals surface area contributed by atoms with Gasteiger partial charge in [0.15, 0.2) is 16.6 Å². The van der Waals surface area contributed by atoms with E-state index in [9.17, 15) is 9.50 Å². The number of hydrogen-bond donors (Lipinski definition) is 1. The summed E-state index contributed by atoms with van der Waals surface area (Å²) in [6.45, 7) is 2.85. The minimum absolute atomic E-state index is 0.0119. The molecule has 5 nitrogen and oxygen atoms in total. The molecular formula is C13H13Cl2FN4O. The van der Waals surface area contributed by atoms with Gasteiger partial charge in [-0.2, -0.15) is 9.97 Å². The lowest BCUT2D eigenvalue weighted by molar-refractivity contribution is 0.0448. The molecule has 3 heterocycles. The summed E-state index contributed by atoms with van der Waals surface area (Å²) >= 11 is 11.6. The van der Waals surface area contributed by atoms with Crippen molar-refractivity contribution in [3.63, 3.8) is 0 Å². The molecule has 2 aromatic rings. The molecule has 0 aromatic carbocycles. The van der Waals surface area contributed by atoms with Crippen LogP contribution in [0.4, 0.5) is 10.2 Å². The van der Waals surface area contributed by atoms with Crippen LogP contribution in [0.1, 0.15) is 19.8 Å². The average molecular weight is 331 g/mol. The maximum atomic E-state index is 13.7. The molecule has 0 amide bonds. The summed E-state index contributed by atoms with van der Waals surface area (Å²) in [4.78, 5) is 13.9. The quantitative estimate of drug-likeness (QED) is 0.643. The molecule has 2 aromatic heterocycles. The Morgan fingerprint density at radius 1 is 1.33 bits per heavy atom. The van der Waals surface area contributed by atoms with E-state index < -0.39 is 11.4 Å². The molecule has 0 bridgehead atoms. The van der Waals surface area contributed by atoms with Crippen LogP contribution in [-0.4, -0.2) is 38.7 Å². The van der Waals surface area contributed by atoms with Gasteiger partial charge in [0.25, 0.3) is 0 Å². The van der Waals surface area contributed by atoms with Crippen molar-refractivity contribution in [3.05, 3.63) is 22.3 Å². The molecule has 0 radical (unpaired) electrons. The Balaban J connectivity index is 2.15. The monoisotopic (exact) mass is 330 g/mol. The Labute approximate surface area is 130 Å². The zero-order valence-electron chi connectivity index (χ0n) is 11.3. The van der Waals surface area contributed by atoms with Crippen molar-refractivity contribution in [3.8, 4) is 0 Å². The zero-order chi connectivity index (χ0) is 15.2. The number of halogens is 3. The number of aromatic nitrogens is 3. The molecule has 0 unspecified atom stereocenters. The highest BCUT2D eigenvalue weighted by molar-refractivity contribution is 6.30. The topological polar surface area (TPSA) is 62.1 Å². The second-order valence-electron chi connectivity index (χ2n) is 5.47. The van der Waals surface area contributed by atoms with Crippen LogP contribution < -0.4 is 4.90 Å². The highest BCUT2D eigenvalue weighted by atomic mass is 35.5. The van der Waals surface area contributed by atoms with Gasteiger partial charge in [0.1, 0.15) is 5.82 Å². The maximum Gasteiger partial charge on any atom is 0.226 e. The van der Waals surface area contributed by atoms with Crippen molar-refractivity contribution >= 4 is 40.1 Å². The van der Waals surface area contributed by atoms with E-state index in [4.69, 9.17) is 23.2 Å². The molecule has 112 valence electrons. The predicted molar refractivity (Wildman–Crippen MR) is 79.4 cm³/mol. The Kier molecular flexibility index (Phi) is 3.63. The largest absolute Gasteiger partial charge is 0.388 e. The molecule has 1 aliphatic rings. The summed E-state index contributed by atoms with van der Waals surface area (Å²) in [7, 11) is 0. The van der Waals surface area contributed by atoms with Crippen LogP contribution in [0, 0.1) is 5.82 Å². The molecule has 21 heavy (non-hydrogen) atoms. The van der Waals surface area contributed by atoms with Gasteiger partial charge in [-0.1, -0.05) is 11.6 Å². The SMILES string of the molecule is C[C@@]1(O)CCCN(c2nc(Cl)nc3nc(Cl)c(F)cc23)C1. The molecule has 0 saturated carbocycles. The number of nitrogens with zero attached hydrogens (tertiary/aromatic N) is 4.